The molecule has 1 heterocycles. The minimum Gasteiger partial charge on any atom is -0.331 e. The van der Waals surface area contributed by atoms with E-state index in [2.05, 4.69) is 4.98 Å². The maximum absolute atomic E-state index is 13.7. The first-order chi connectivity index (χ1) is 8.04. The summed E-state index contributed by atoms with van der Waals surface area (Å²) in [5, 5.41) is 0. The number of nitrogens with two attached hydrogens (primary N) is 1. The minimum atomic E-state index is -0.609. The van der Waals surface area contributed by atoms with Gasteiger partial charge >= 0.3 is 0 Å². The molecule has 2 rings (SSSR count). The van der Waals surface area contributed by atoms with Crippen LogP contribution in [0.15, 0.2) is 18.2 Å². The van der Waals surface area contributed by atoms with Crippen LogP contribution in [0.4, 0.5) is 8.78 Å². The number of aromatic nitrogens is 2. The van der Waals surface area contributed by atoms with Gasteiger partial charge in [0, 0.05) is 25.2 Å². The highest BCUT2D eigenvalue weighted by Crippen LogP contribution is 2.27. The van der Waals surface area contributed by atoms with Gasteiger partial charge < -0.3 is 10.3 Å². The van der Waals surface area contributed by atoms with Gasteiger partial charge in [0.1, 0.15) is 17.5 Å². The van der Waals surface area contributed by atoms with Crippen molar-refractivity contribution in [3.8, 4) is 11.3 Å². The summed E-state index contributed by atoms with van der Waals surface area (Å²) < 4.78 is 28.3. The van der Waals surface area contributed by atoms with E-state index in [1.54, 1.807) is 11.6 Å². The normalized spacial score (nSPS) is 10.9. The highest BCUT2D eigenvalue weighted by Gasteiger charge is 2.16. The molecule has 0 saturated carbocycles. The number of nitrogens with zero attached hydrogens (tertiary/aromatic N) is 2. The van der Waals surface area contributed by atoms with Gasteiger partial charge in [-0.2, -0.15) is 0 Å². The van der Waals surface area contributed by atoms with Gasteiger partial charge in [-0.1, -0.05) is 0 Å². The molecule has 0 aliphatic heterocycles. The minimum absolute atomic E-state index is 0.216. The van der Waals surface area contributed by atoms with E-state index in [0.29, 0.717) is 17.0 Å². The van der Waals surface area contributed by atoms with Crippen LogP contribution in [-0.2, 0) is 13.6 Å². The molecule has 0 aliphatic rings. The number of hydrogen-bond donors (Lipinski definition) is 1. The third-order valence-electron chi connectivity index (χ3n) is 2.77. The molecular formula is C12H13F2N3. The molecule has 0 amide bonds. The molecule has 1 aromatic heterocycles. The number of benzene rings is 1. The number of halogens is 2. The Labute approximate surface area is 97.9 Å². The molecular weight excluding hydrogens is 224 g/mol. The lowest BCUT2D eigenvalue weighted by atomic mass is 10.1. The molecule has 0 unspecified atom stereocenters. The lowest BCUT2D eigenvalue weighted by Crippen LogP contribution is -2.02. The fourth-order valence-corrected chi connectivity index (χ4v) is 1.84. The van der Waals surface area contributed by atoms with Crippen molar-refractivity contribution in [1.29, 1.82) is 0 Å². The lowest BCUT2D eigenvalue weighted by molar-refractivity contribution is 0.584. The van der Waals surface area contributed by atoms with E-state index < -0.39 is 11.6 Å². The summed E-state index contributed by atoms with van der Waals surface area (Å²) in [4.78, 5) is 4.25. The fourth-order valence-electron chi connectivity index (χ4n) is 1.84. The van der Waals surface area contributed by atoms with Crippen LogP contribution in [0.5, 0.6) is 0 Å². The molecule has 0 spiro atoms. The Morgan fingerprint density at radius 2 is 2.06 bits per heavy atom. The van der Waals surface area contributed by atoms with Crippen LogP contribution in [0.3, 0.4) is 0 Å². The molecule has 5 heteroatoms. The Morgan fingerprint density at radius 3 is 2.65 bits per heavy atom. The second-order valence-corrected chi connectivity index (χ2v) is 3.84. The van der Waals surface area contributed by atoms with E-state index in [0.717, 1.165) is 11.9 Å². The predicted octanol–water partition coefficient (Wildman–Crippen LogP) is 2.13. The standard InChI is InChI=1S/C12H13F2N3/c1-7-16-11(6-15)12(17(7)2)9-4-3-8(13)5-10(9)14/h3-5H,6,15H2,1-2H3. The Kier molecular flexibility index (Phi) is 2.93. The van der Waals surface area contributed by atoms with E-state index in [1.807, 2.05) is 6.92 Å². The zero-order valence-electron chi connectivity index (χ0n) is 9.67. The van der Waals surface area contributed by atoms with Crippen molar-refractivity contribution in [2.45, 2.75) is 13.5 Å². The van der Waals surface area contributed by atoms with Gasteiger partial charge in [-0.3, -0.25) is 0 Å². The average Bonchev–Trinajstić information content (AvgIpc) is 2.56. The van der Waals surface area contributed by atoms with Crippen molar-refractivity contribution in [1.82, 2.24) is 9.55 Å². The van der Waals surface area contributed by atoms with Crippen LogP contribution in [-0.4, -0.2) is 9.55 Å². The van der Waals surface area contributed by atoms with Crippen molar-refractivity contribution >= 4 is 0 Å². The van der Waals surface area contributed by atoms with Crippen molar-refractivity contribution in [2.75, 3.05) is 0 Å². The highest BCUT2D eigenvalue weighted by molar-refractivity contribution is 5.63. The van der Waals surface area contributed by atoms with Crippen LogP contribution >= 0.6 is 0 Å². The van der Waals surface area contributed by atoms with E-state index >= 15 is 0 Å². The van der Waals surface area contributed by atoms with Gasteiger partial charge in [0.15, 0.2) is 0 Å². The lowest BCUT2D eigenvalue weighted by Gasteiger charge is -2.07. The molecule has 0 fully saturated rings. The molecule has 0 atom stereocenters. The Morgan fingerprint density at radius 1 is 1.35 bits per heavy atom. The van der Waals surface area contributed by atoms with Crippen LogP contribution in [0.25, 0.3) is 11.3 Å². The first kappa shape index (κ1) is 11.7. The summed E-state index contributed by atoms with van der Waals surface area (Å²) in [6.45, 7) is 2.03. The van der Waals surface area contributed by atoms with Gasteiger partial charge in [-0.25, -0.2) is 13.8 Å². The summed E-state index contributed by atoms with van der Waals surface area (Å²) >= 11 is 0. The van der Waals surface area contributed by atoms with E-state index in [4.69, 9.17) is 5.73 Å². The van der Waals surface area contributed by atoms with Gasteiger partial charge in [-0.15, -0.1) is 0 Å². The van der Waals surface area contributed by atoms with Crippen molar-refractivity contribution in [3.63, 3.8) is 0 Å². The highest BCUT2D eigenvalue weighted by atomic mass is 19.1. The average molecular weight is 237 g/mol. The Bertz CT molecular complexity index is 561. The molecule has 0 saturated heterocycles. The summed E-state index contributed by atoms with van der Waals surface area (Å²) in [5.41, 5.74) is 7.10. The second-order valence-electron chi connectivity index (χ2n) is 3.84. The Balaban J connectivity index is 2.67. The van der Waals surface area contributed by atoms with Crippen LogP contribution in [0.2, 0.25) is 0 Å². The van der Waals surface area contributed by atoms with Gasteiger partial charge in [-0.05, 0) is 19.1 Å². The first-order valence-corrected chi connectivity index (χ1v) is 5.22. The van der Waals surface area contributed by atoms with Gasteiger partial charge in [0.05, 0.1) is 11.4 Å². The number of aryl methyl sites for hydroxylation is 1. The monoisotopic (exact) mass is 237 g/mol. The smallest absolute Gasteiger partial charge is 0.135 e. The summed E-state index contributed by atoms with van der Waals surface area (Å²) in [6.07, 6.45) is 0. The molecule has 0 radical (unpaired) electrons. The third-order valence-corrected chi connectivity index (χ3v) is 2.77. The van der Waals surface area contributed by atoms with Crippen LogP contribution in [0.1, 0.15) is 11.5 Å². The van der Waals surface area contributed by atoms with Crippen molar-refractivity contribution in [2.24, 2.45) is 12.8 Å². The fraction of sp³-hybridized carbons (Fsp3) is 0.250. The van der Waals surface area contributed by atoms with Crippen molar-refractivity contribution in [3.05, 3.63) is 41.4 Å². The second kappa shape index (κ2) is 4.25. The van der Waals surface area contributed by atoms with Crippen LogP contribution < -0.4 is 5.73 Å². The molecule has 17 heavy (non-hydrogen) atoms. The molecule has 90 valence electrons. The number of rotatable bonds is 2. The molecule has 0 aliphatic carbocycles. The summed E-state index contributed by atoms with van der Waals surface area (Å²) in [5.74, 6) is -0.466. The molecule has 2 aromatic rings. The zero-order chi connectivity index (χ0) is 12.6. The molecule has 3 nitrogen and oxygen atoms in total. The number of imidazole rings is 1. The topological polar surface area (TPSA) is 43.8 Å². The summed E-state index contributed by atoms with van der Waals surface area (Å²) in [6, 6.07) is 3.49. The third kappa shape index (κ3) is 1.93. The van der Waals surface area contributed by atoms with E-state index in [-0.39, 0.29) is 6.54 Å². The van der Waals surface area contributed by atoms with E-state index in [1.165, 1.54) is 12.1 Å². The molecule has 0 bridgehead atoms. The largest absolute Gasteiger partial charge is 0.331 e. The molecule has 2 N–H and O–H groups in total. The Hall–Kier alpha value is -1.75. The van der Waals surface area contributed by atoms with E-state index in [9.17, 15) is 8.78 Å². The number of hydrogen-bond acceptors (Lipinski definition) is 2. The molecule has 1 aromatic carbocycles. The van der Waals surface area contributed by atoms with Crippen LogP contribution in [0, 0.1) is 18.6 Å². The zero-order valence-corrected chi connectivity index (χ0v) is 9.67. The van der Waals surface area contributed by atoms with Gasteiger partial charge in [0.2, 0.25) is 0 Å². The predicted molar refractivity (Wildman–Crippen MR) is 61.2 cm³/mol. The SMILES string of the molecule is Cc1nc(CN)c(-c2ccc(F)cc2F)n1C. The first-order valence-electron chi connectivity index (χ1n) is 5.22. The van der Waals surface area contributed by atoms with Crippen molar-refractivity contribution < 1.29 is 8.78 Å². The van der Waals surface area contributed by atoms with Gasteiger partial charge in [0.25, 0.3) is 0 Å². The summed E-state index contributed by atoms with van der Waals surface area (Å²) in [7, 11) is 1.78. The maximum Gasteiger partial charge on any atom is 0.135 e. The quantitative estimate of drug-likeness (QED) is 0.869. The maximum atomic E-state index is 13.7.